The molecule has 1 heterocycles. The molecule has 9 heteroatoms. The molecule has 0 bridgehead atoms. The van der Waals surface area contributed by atoms with Crippen molar-refractivity contribution in [3.63, 3.8) is 0 Å². The first-order chi connectivity index (χ1) is 17.2. The second-order valence-corrected chi connectivity index (χ2v) is 12.0. The van der Waals surface area contributed by atoms with E-state index in [4.69, 9.17) is 0 Å². The zero-order valence-electron chi connectivity index (χ0n) is 20.2. The van der Waals surface area contributed by atoms with E-state index >= 15 is 0 Å². The summed E-state index contributed by atoms with van der Waals surface area (Å²) < 4.78 is 28.2. The topological polar surface area (TPSA) is 107 Å². The molecule has 4 rings (SSSR count). The summed E-state index contributed by atoms with van der Waals surface area (Å²) in [7, 11) is -3.84. The highest BCUT2D eigenvalue weighted by molar-refractivity contribution is 8.01. The number of carbonyl (C=O) groups is 1. The Hall–Kier alpha value is -2.85. The van der Waals surface area contributed by atoms with Crippen molar-refractivity contribution in [2.75, 3.05) is 12.3 Å². The first kappa shape index (κ1) is 26.2. The van der Waals surface area contributed by atoms with Crippen molar-refractivity contribution in [3.8, 4) is 5.75 Å². The number of phenols is 1. The maximum absolute atomic E-state index is 13.5. The number of hydrogen-bond donors (Lipinski definition) is 3. The predicted molar refractivity (Wildman–Crippen MR) is 142 cm³/mol. The van der Waals surface area contributed by atoms with Gasteiger partial charge in [0.15, 0.2) is 0 Å². The number of carbonyl (C=O) groups excluding carboxylic acids is 1. The Morgan fingerprint density at radius 2 is 1.75 bits per heavy atom. The highest BCUT2D eigenvalue weighted by atomic mass is 32.2. The maximum atomic E-state index is 13.5. The number of phenolic OH excluding ortho intramolecular Hbond substituents is 1. The van der Waals surface area contributed by atoms with Crippen LogP contribution < -0.4 is 5.32 Å². The molecule has 3 atom stereocenters. The van der Waals surface area contributed by atoms with E-state index in [0.29, 0.717) is 23.3 Å². The number of aliphatic hydroxyl groups excluding tert-OH is 1. The van der Waals surface area contributed by atoms with Crippen LogP contribution in [-0.4, -0.2) is 58.7 Å². The molecule has 3 aromatic rings. The Bertz CT molecular complexity index is 1310. The van der Waals surface area contributed by atoms with Gasteiger partial charge in [-0.05, 0) is 50.1 Å². The van der Waals surface area contributed by atoms with E-state index in [2.05, 4.69) is 5.32 Å². The molecule has 0 aliphatic carbocycles. The van der Waals surface area contributed by atoms with E-state index in [0.717, 1.165) is 11.1 Å². The molecule has 1 aliphatic rings. The molecule has 1 amide bonds. The van der Waals surface area contributed by atoms with Gasteiger partial charge in [-0.2, -0.15) is 4.31 Å². The number of aliphatic hydroxyl groups is 1. The molecule has 0 aromatic heterocycles. The minimum absolute atomic E-state index is 0.00419. The van der Waals surface area contributed by atoms with E-state index in [1.807, 2.05) is 37.3 Å². The van der Waals surface area contributed by atoms with Gasteiger partial charge in [-0.3, -0.25) is 4.79 Å². The predicted octanol–water partition coefficient (Wildman–Crippen LogP) is 3.47. The van der Waals surface area contributed by atoms with Crippen LogP contribution in [0.15, 0.2) is 77.7 Å². The molecule has 0 spiro atoms. The SMILES string of the molecule is Cc1ccc(S(=O)(=O)N2CCSC2[C@@H](O)[C@H](Cc2ccccc2)NC(=O)c2cccc(O)c2C)cc1. The summed E-state index contributed by atoms with van der Waals surface area (Å²) in [5.74, 6) is 0.0913. The van der Waals surface area contributed by atoms with Crippen molar-refractivity contribution >= 4 is 27.7 Å². The fourth-order valence-corrected chi connectivity index (χ4v) is 7.61. The monoisotopic (exact) mass is 526 g/mol. The molecule has 3 aromatic carbocycles. The van der Waals surface area contributed by atoms with Crippen LogP contribution in [0.1, 0.15) is 27.0 Å². The first-order valence-corrected chi connectivity index (χ1v) is 14.2. The van der Waals surface area contributed by atoms with Gasteiger partial charge in [0.05, 0.1) is 16.3 Å². The van der Waals surface area contributed by atoms with Crippen molar-refractivity contribution in [2.24, 2.45) is 0 Å². The Labute approximate surface area is 216 Å². The van der Waals surface area contributed by atoms with E-state index in [9.17, 15) is 23.4 Å². The number of hydrogen-bond acceptors (Lipinski definition) is 6. The number of amides is 1. The molecule has 1 saturated heterocycles. The van der Waals surface area contributed by atoms with Crippen molar-refractivity contribution < 1.29 is 23.4 Å². The number of aryl methyl sites for hydroxylation is 1. The fraction of sp³-hybridized carbons (Fsp3) is 0.296. The number of rotatable bonds is 8. The molecule has 0 saturated carbocycles. The lowest BCUT2D eigenvalue weighted by Gasteiger charge is -2.33. The second-order valence-electron chi connectivity index (χ2n) is 8.90. The van der Waals surface area contributed by atoms with Gasteiger partial charge in [0.25, 0.3) is 5.91 Å². The average molecular weight is 527 g/mol. The lowest BCUT2D eigenvalue weighted by molar-refractivity contribution is 0.0751. The molecule has 1 unspecified atom stereocenters. The molecule has 7 nitrogen and oxygen atoms in total. The Morgan fingerprint density at radius 3 is 2.44 bits per heavy atom. The summed E-state index contributed by atoms with van der Waals surface area (Å²) in [6.07, 6.45) is -0.874. The summed E-state index contributed by atoms with van der Waals surface area (Å²) >= 11 is 1.36. The number of nitrogens with zero attached hydrogens (tertiary/aromatic N) is 1. The van der Waals surface area contributed by atoms with Crippen molar-refractivity contribution in [3.05, 3.63) is 95.1 Å². The van der Waals surface area contributed by atoms with Gasteiger partial charge in [0, 0.05) is 23.4 Å². The van der Waals surface area contributed by atoms with Gasteiger partial charge in [-0.15, -0.1) is 11.8 Å². The standard InChI is InChI=1S/C27H30N2O5S2/c1-18-11-13-21(14-12-18)36(33,34)29-15-16-35-27(29)25(31)23(17-20-7-4-3-5-8-20)28-26(32)22-9-6-10-24(30)19(22)2/h3-14,23,25,27,30-31H,15-17H2,1-2H3,(H,28,32)/t23-,25-,27?/m0/s1. The van der Waals surface area contributed by atoms with Gasteiger partial charge < -0.3 is 15.5 Å². The number of nitrogens with one attached hydrogen (secondary N) is 1. The minimum atomic E-state index is -3.84. The Morgan fingerprint density at radius 1 is 1.06 bits per heavy atom. The molecule has 190 valence electrons. The smallest absolute Gasteiger partial charge is 0.252 e. The van der Waals surface area contributed by atoms with Gasteiger partial charge >= 0.3 is 0 Å². The van der Waals surface area contributed by atoms with Crippen molar-refractivity contribution in [2.45, 2.75) is 42.7 Å². The molecule has 1 fully saturated rings. The van der Waals surface area contributed by atoms with Gasteiger partial charge in [0.2, 0.25) is 10.0 Å². The van der Waals surface area contributed by atoms with E-state index in [1.54, 1.807) is 43.3 Å². The molecule has 36 heavy (non-hydrogen) atoms. The van der Waals surface area contributed by atoms with Gasteiger partial charge in [-0.25, -0.2) is 8.42 Å². The lowest BCUT2D eigenvalue weighted by Crippen LogP contribution is -2.53. The largest absolute Gasteiger partial charge is 0.508 e. The highest BCUT2D eigenvalue weighted by Gasteiger charge is 2.43. The lowest BCUT2D eigenvalue weighted by atomic mass is 9.99. The van der Waals surface area contributed by atoms with Gasteiger partial charge in [0.1, 0.15) is 11.9 Å². The highest BCUT2D eigenvalue weighted by Crippen LogP contribution is 2.34. The van der Waals surface area contributed by atoms with E-state index in [-0.39, 0.29) is 17.2 Å². The van der Waals surface area contributed by atoms with Crippen molar-refractivity contribution in [1.29, 1.82) is 0 Å². The zero-order chi connectivity index (χ0) is 25.9. The third-order valence-corrected chi connectivity index (χ3v) is 9.70. The van der Waals surface area contributed by atoms with Crippen LogP contribution in [0.2, 0.25) is 0 Å². The maximum Gasteiger partial charge on any atom is 0.252 e. The van der Waals surface area contributed by atoms with E-state index < -0.39 is 33.5 Å². The average Bonchev–Trinajstić information content (AvgIpc) is 3.37. The number of sulfonamides is 1. The quantitative estimate of drug-likeness (QED) is 0.415. The third-order valence-electron chi connectivity index (χ3n) is 6.38. The zero-order valence-corrected chi connectivity index (χ0v) is 21.8. The van der Waals surface area contributed by atoms with Crippen LogP contribution in [0, 0.1) is 13.8 Å². The van der Waals surface area contributed by atoms with Crippen LogP contribution in [0.25, 0.3) is 0 Å². The second kappa shape index (κ2) is 11.0. The molecular formula is C27H30N2O5S2. The first-order valence-electron chi connectivity index (χ1n) is 11.7. The Kier molecular flexibility index (Phi) is 8.04. The normalized spacial score (nSPS) is 18.0. The van der Waals surface area contributed by atoms with Crippen LogP contribution >= 0.6 is 11.8 Å². The fourth-order valence-electron chi connectivity index (χ4n) is 4.28. The molecule has 1 aliphatic heterocycles. The summed E-state index contributed by atoms with van der Waals surface area (Å²) in [4.78, 5) is 13.4. The Balaban J connectivity index is 1.63. The number of benzene rings is 3. The molecule has 0 radical (unpaired) electrons. The van der Waals surface area contributed by atoms with Crippen LogP contribution in [-0.2, 0) is 16.4 Å². The van der Waals surface area contributed by atoms with Crippen molar-refractivity contribution in [1.82, 2.24) is 9.62 Å². The summed E-state index contributed by atoms with van der Waals surface area (Å²) in [5, 5.41) is 23.7. The van der Waals surface area contributed by atoms with Crippen LogP contribution in [0.5, 0.6) is 5.75 Å². The molecule has 3 N–H and O–H groups in total. The molecular weight excluding hydrogens is 496 g/mol. The number of aromatic hydroxyl groups is 1. The summed E-state index contributed by atoms with van der Waals surface area (Å²) in [6.45, 7) is 3.80. The van der Waals surface area contributed by atoms with Crippen LogP contribution in [0.4, 0.5) is 0 Å². The summed E-state index contributed by atoms with van der Waals surface area (Å²) in [6, 6.07) is 20.0. The van der Waals surface area contributed by atoms with Crippen LogP contribution in [0.3, 0.4) is 0 Å². The number of thioether (sulfide) groups is 1. The third kappa shape index (κ3) is 5.59. The van der Waals surface area contributed by atoms with E-state index in [1.165, 1.54) is 22.1 Å². The summed E-state index contributed by atoms with van der Waals surface area (Å²) in [5.41, 5.74) is 2.57. The van der Waals surface area contributed by atoms with Gasteiger partial charge in [-0.1, -0.05) is 54.1 Å². The minimum Gasteiger partial charge on any atom is -0.508 e.